The Hall–Kier alpha value is -3.28. The van der Waals surface area contributed by atoms with Crippen LogP contribution in [0.2, 0.25) is 0 Å². The van der Waals surface area contributed by atoms with Crippen molar-refractivity contribution in [3.05, 3.63) is 65.2 Å². The third-order valence-electron chi connectivity index (χ3n) is 5.06. The summed E-state index contributed by atoms with van der Waals surface area (Å²) in [5.41, 5.74) is 3.16. The highest BCUT2D eigenvalue weighted by molar-refractivity contribution is 5.94. The van der Waals surface area contributed by atoms with Crippen molar-refractivity contribution in [1.29, 1.82) is 0 Å². The summed E-state index contributed by atoms with van der Waals surface area (Å²) in [4.78, 5) is 23.3. The van der Waals surface area contributed by atoms with Gasteiger partial charge < -0.3 is 19.9 Å². The maximum absolute atomic E-state index is 12.1. The molecule has 0 aliphatic carbocycles. The Morgan fingerprint density at radius 1 is 1.06 bits per heavy atom. The number of carbonyl (C=O) groups is 2. The Bertz CT molecular complexity index is 955. The molecule has 0 aliphatic rings. The molecule has 0 bridgehead atoms. The number of benzene rings is 2. The molecule has 32 heavy (non-hydrogen) atoms. The number of carboxylic acids is 1. The first-order valence-electron chi connectivity index (χ1n) is 10.6. The van der Waals surface area contributed by atoms with Gasteiger partial charge in [0.25, 0.3) is 0 Å². The van der Waals surface area contributed by atoms with Crippen LogP contribution in [-0.4, -0.2) is 30.1 Å². The molecular weight excluding hydrogens is 406 g/mol. The number of carboxylic acid groups (broad SMARTS) is 1. The molecule has 6 heteroatoms. The molecule has 0 radical (unpaired) electrons. The van der Waals surface area contributed by atoms with Crippen molar-refractivity contribution in [3.63, 3.8) is 0 Å². The van der Waals surface area contributed by atoms with Crippen molar-refractivity contribution in [2.45, 2.75) is 52.7 Å². The van der Waals surface area contributed by atoms with Crippen LogP contribution < -0.4 is 14.8 Å². The zero-order valence-corrected chi connectivity index (χ0v) is 19.6. The second-order valence-electron chi connectivity index (χ2n) is 9.05. The Kier molecular flexibility index (Phi) is 8.47. The van der Waals surface area contributed by atoms with Crippen LogP contribution in [0.15, 0.2) is 48.5 Å². The Labute approximate surface area is 190 Å². The molecule has 0 aromatic heterocycles. The first-order valence-corrected chi connectivity index (χ1v) is 10.6. The van der Waals surface area contributed by atoms with Gasteiger partial charge >= 0.3 is 5.97 Å². The van der Waals surface area contributed by atoms with E-state index in [2.05, 4.69) is 50.4 Å². The van der Waals surface area contributed by atoms with Crippen molar-refractivity contribution in [2.75, 3.05) is 7.11 Å². The Morgan fingerprint density at radius 3 is 2.25 bits per heavy atom. The normalized spacial score (nSPS) is 12.6. The van der Waals surface area contributed by atoms with Crippen LogP contribution >= 0.6 is 0 Å². The number of rotatable bonds is 9. The average molecular weight is 440 g/mol. The second-order valence-corrected chi connectivity index (χ2v) is 9.05. The second kappa shape index (κ2) is 10.8. The van der Waals surface area contributed by atoms with Gasteiger partial charge in [-0.15, -0.1) is 0 Å². The first-order chi connectivity index (χ1) is 15.0. The molecule has 0 saturated heterocycles. The van der Waals surface area contributed by atoms with Gasteiger partial charge in [0.1, 0.15) is 12.6 Å². The largest absolute Gasteiger partial charge is 0.493 e. The van der Waals surface area contributed by atoms with E-state index in [-0.39, 0.29) is 11.3 Å². The maximum atomic E-state index is 12.1. The van der Waals surface area contributed by atoms with Crippen molar-refractivity contribution >= 4 is 18.0 Å². The van der Waals surface area contributed by atoms with E-state index >= 15 is 0 Å². The summed E-state index contributed by atoms with van der Waals surface area (Å²) >= 11 is 0. The predicted octanol–water partition coefficient (Wildman–Crippen LogP) is 4.81. The third-order valence-corrected chi connectivity index (χ3v) is 5.06. The number of nitrogens with one attached hydrogen (secondary N) is 1. The molecule has 1 atom stereocenters. The number of hydrogen-bond donors (Lipinski definition) is 2. The van der Waals surface area contributed by atoms with Crippen LogP contribution in [0.5, 0.6) is 11.5 Å². The lowest BCUT2D eigenvalue weighted by Crippen LogP contribution is -2.43. The van der Waals surface area contributed by atoms with Crippen LogP contribution in [0.3, 0.4) is 0 Å². The van der Waals surface area contributed by atoms with E-state index in [1.807, 2.05) is 6.07 Å². The fourth-order valence-electron chi connectivity index (χ4n) is 3.06. The van der Waals surface area contributed by atoms with Gasteiger partial charge in [0.05, 0.1) is 7.11 Å². The molecule has 2 rings (SSSR count). The lowest BCUT2D eigenvalue weighted by atomic mass is 9.87. The van der Waals surface area contributed by atoms with Crippen molar-refractivity contribution in [2.24, 2.45) is 5.92 Å². The van der Waals surface area contributed by atoms with E-state index in [1.54, 1.807) is 39.2 Å². The zero-order valence-electron chi connectivity index (χ0n) is 19.6. The quantitative estimate of drug-likeness (QED) is 0.548. The first kappa shape index (κ1) is 25.0. The zero-order chi connectivity index (χ0) is 23.9. The molecule has 2 N–H and O–H groups in total. The fourth-order valence-corrected chi connectivity index (χ4v) is 3.06. The number of amides is 1. The van der Waals surface area contributed by atoms with Crippen LogP contribution in [0.1, 0.15) is 51.3 Å². The molecule has 0 aliphatic heterocycles. The number of ether oxygens (including phenoxy) is 2. The van der Waals surface area contributed by atoms with E-state index in [4.69, 9.17) is 9.47 Å². The number of aliphatic carboxylic acids is 1. The van der Waals surface area contributed by atoms with Crippen LogP contribution in [0.4, 0.5) is 0 Å². The topological polar surface area (TPSA) is 84.9 Å². The summed E-state index contributed by atoms with van der Waals surface area (Å²) < 4.78 is 11.4. The summed E-state index contributed by atoms with van der Waals surface area (Å²) in [7, 11) is 1.56. The van der Waals surface area contributed by atoms with Gasteiger partial charge in [-0.1, -0.05) is 65.0 Å². The van der Waals surface area contributed by atoms with Crippen LogP contribution in [-0.2, 0) is 21.6 Å². The van der Waals surface area contributed by atoms with Gasteiger partial charge in [0, 0.05) is 6.08 Å². The molecule has 0 heterocycles. The van der Waals surface area contributed by atoms with Crippen molar-refractivity contribution < 1.29 is 24.2 Å². The van der Waals surface area contributed by atoms with Gasteiger partial charge in [-0.05, 0) is 46.2 Å². The minimum Gasteiger partial charge on any atom is -0.493 e. The maximum Gasteiger partial charge on any atom is 0.326 e. The average Bonchev–Trinajstić information content (AvgIpc) is 2.74. The molecular formula is C26H33NO5. The van der Waals surface area contributed by atoms with Crippen molar-refractivity contribution in [1.82, 2.24) is 5.32 Å². The molecule has 2 aromatic rings. The molecule has 0 spiro atoms. The summed E-state index contributed by atoms with van der Waals surface area (Å²) in [5.74, 6) is -0.600. The number of methoxy groups -OCH3 is 1. The summed E-state index contributed by atoms with van der Waals surface area (Å²) in [6.45, 7) is 10.4. The lowest BCUT2D eigenvalue weighted by molar-refractivity contribution is -0.142. The van der Waals surface area contributed by atoms with E-state index < -0.39 is 17.9 Å². The van der Waals surface area contributed by atoms with E-state index in [9.17, 15) is 14.7 Å². The minimum atomic E-state index is -1.06. The Morgan fingerprint density at radius 2 is 1.72 bits per heavy atom. The van der Waals surface area contributed by atoms with E-state index in [1.165, 1.54) is 11.6 Å². The van der Waals surface area contributed by atoms with Gasteiger partial charge in [0.15, 0.2) is 11.5 Å². The predicted molar refractivity (Wildman–Crippen MR) is 126 cm³/mol. The van der Waals surface area contributed by atoms with Gasteiger partial charge in [0.2, 0.25) is 5.91 Å². The third kappa shape index (κ3) is 7.15. The molecule has 0 fully saturated rings. The van der Waals surface area contributed by atoms with Gasteiger partial charge in [-0.25, -0.2) is 4.79 Å². The SMILES string of the molecule is COc1cc(/C=C/C(=O)N[C@@H](C(=O)O)C(C)C)ccc1OCc1ccc(C(C)(C)C)cc1. The van der Waals surface area contributed by atoms with Crippen LogP contribution in [0.25, 0.3) is 6.08 Å². The standard InChI is InChI=1S/C26H33NO5/c1-17(2)24(25(29)30)27-23(28)14-10-18-9-13-21(22(15-18)31-6)32-16-19-7-11-20(12-8-19)26(3,4)5/h7-15,17,24H,16H2,1-6H3,(H,27,28)(H,29,30)/b14-10+/t24-/m1/s1. The molecule has 1 amide bonds. The number of carbonyl (C=O) groups excluding carboxylic acids is 1. The highest BCUT2D eigenvalue weighted by atomic mass is 16.5. The van der Waals surface area contributed by atoms with E-state index in [0.29, 0.717) is 18.1 Å². The molecule has 0 saturated carbocycles. The summed E-state index contributed by atoms with van der Waals surface area (Å²) in [6.07, 6.45) is 2.91. The van der Waals surface area contributed by atoms with Crippen LogP contribution in [0, 0.1) is 5.92 Å². The number of hydrogen-bond acceptors (Lipinski definition) is 4. The smallest absolute Gasteiger partial charge is 0.326 e. The fraction of sp³-hybridized carbons (Fsp3) is 0.385. The molecule has 6 nitrogen and oxygen atoms in total. The highest BCUT2D eigenvalue weighted by Crippen LogP contribution is 2.29. The van der Waals surface area contributed by atoms with Gasteiger partial charge in [-0.3, -0.25) is 4.79 Å². The molecule has 172 valence electrons. The van der Waals surface area contributed by atoms with Gasteiger partial charge in [-0.2, -0.15) is 0 Å². The molecule has 0 unspecified atom stereocenters. The highest BCUT2D eigenvalue weighted by Gasteiger charge is 2.22. The van der Waals surface area contributed by atoms with Crippen molar-refractivity contribution in [3.8, 4) is 11.5 Å². The van der Waals surface area contributed by atoms with E-state index in [0.717, 1.165) is 11.1 Å². The molecule has 2 aromatic carbocycles. The summed E-state index contributed by atoms with van der Waals surface area (Å²) in [5, 5.41) is 11.7. The monoisotopic (exact) mass is 439 g/mol. The lowest BCUT2D eigenvalue weighted by Gasteiger charge is -2.19. The summed E-state index contributed by atoms with van der Waals surface area (Å²) in [6, 6.07) is 12.8. The minimum absolute atomic E-state index is 0.103. The Balaban J connectivity index is 2.03.